The van der Waals surface area contributed by atoms with E-state index in [-0.39, 0.29) is 5.78 Å². The lowest BCUT2D eigenvalue weighted by Gasteiger charge is -2.02. The molecule has 0 aromatic carbocycles. The largest absolute Gasteiger partial charge is 0.293 e. The summed E-state index contributed by atoms with van der Waals surface area (Å²) >= 11 is 0. The highest BCUT2D eigenvalue weighted by Crippen LogP contribution is 2.06. The van der Waals surface area contributed by atoms with E-state index in [0.29, 0.717) is 5.69 Å². The van der Waals surface area contributed by atoms with Gasteiger partial charge in [-0.2, -0.15) is 0 Å². The van der Waals surface area contributed by atoms with Gasteiger partial charge in [-0.25, -0.2) is 4.98 Å². The van der Waals surface area contributed by atoms with Gasteiger partial charge < -0.3 is 0 Å². The molecular weight excluding hydrogens is 164 g/mol. The SMILES string of the molecule is CCCCc1nccnc1C(C)=O. The Labute approximate surface area is 78.2 Å². The fourth-order valence-corrected chi connectivity index (χ4v) is 1.19. The zero-order valence-electron chi connectivity index (χ0n) is 8.08. The quantitative estimate of drug-likeness (QED) is 0.662. The first-order chi connectivity index (χ1) is 6.25. The van der Waals surface area contributed by atoms with Crippen molar-refractivity contribution in [3.05, 3.63) is 23.8 Å². The van der Waals surface area contributed by atoms with Crippen LogP contribution in [0.1, 0.15) is 42.9 Å². The van der Waals surface area contributed by atoms with Crippen LogP contribution < -0.4 is 0 Å². The molecule has 0 aliphatic heterocycles. The molecule has 0 aliphatic carbocycles. The van der Waals surface area contributed by atoms with Gasteiger partial charge >= 0.3 is 0 Å². The first kappa shape index (κ1) is 9.84. The van der Waals surface area contributed by atoms with E-state index in [1.54, 1.807) is 12.4 Å². The molecule has 0 amide bonds. The van der Waals surface area contributed by atoms with Crippen LogP contribution in [-0.4, -0.2) is 15.8 Å². The summed E-state index contributed by atoms with van der Waals surface area (Å²) in [6.07, 6.45) is 6.20. The number of hydrogen-bond acceptors (Lipinski definition) is 3. The highest BCUT2D eigenvalue weighted by molar-refractivity contribution is 5.93. The van der Waals surface area contributed by atoms with E-state index in [4.69, 9.17) is 0 Å². The van der Waals surface area contributed by atoms with Gasteiger partial charge in [0.1, 0.15) is 5.69 Å². The normalized spacial score (nSPS) is 10.0. The second kappa shape index (κ2) is 4.70. The van der Waals surface area contributed by atoms with Crippen molar-refractivity contribution in [2.45, 2.75) is 33.1 Å². The monoisotopic (exact) mass is 178 g/mol. The topological polar surface area (TPSA) is 42.9 Å². The summed E-state index contributed by atoms with van der Waals surface area (Å²) in [5.41, 5.74) is 1.35. The van der Waals surface area contributed by atoms with Crippen molar-refractivity contribution in [2.24, 2.45) is 0 Å². The molecule has 0 bridgehead atoms. The predicted molar refractivity (Wildman–Crippen MR) is 50.6 cm³/mol. The molecule has 1 aromatic rings. The van der Waals surface area contributed by atoms with Gasteiger partial charge in [0.25, 0.3) is 0 Å². The van der Waals surface area contributed by atoms with Crippen molar-refractivity contribution in [3.8, 4) is 0 Å². The smallest absolute Gasteiger partial charge is 0.179 e. The van der Waals surface area contributed by atoms with Crippen molar-refractivity contribution in [1.82, 2.24) is 9.97 Å². The van der Waals surface area contributed by atoms with Crippen molar-refractivity contribution in [3.63, 3.8) is 0 Å². The number of carbonyl (C=O) groups is 1. The highest BCUT2D eigenvalue weighted by atomic mass is 16.1. The molecule has 1 aromatic heterocycles. The third-order valence-electron chi connectivity index (χ3n) is 1.87. The van der Waals surface area contributed by atoms with Crippen LogP contribution in [0.15, 0.2) is 12.4 Å². The van der Waals surface area contributed by atoms with E-state index in [0.717, 1.165) is 25.0 Å². The maximum atomic E-state index is 11.1. The second-order valence-corrected chi connectivity index (χ2v) is 3.01. The minimum absolute atomic E-state index is 0.000738. The van der Waals surface area contributed by atoms with Crippen molar-refractivity contribution < 1.29 is 4.79 Å². The molecule has 0 fully saturated rings. The summed E-state index contributed by atoms with van der Waals surface area (Å²) in [7, 11) is 0. The Morgan fingerprint density at radius 3 is 2.69 bits per heavy atom. The lowest BCUT2D eigenvalue weighted by molar-refractivity contribution is 0.101. The van der Waals surface area contributed by atoms with Crippen LogP contribution in [0.3, 0.4) is 0 Å². The molecule has 0 N–H and O–H groups in total. The Hall–Kier alpha value is -1.25. The minimum Gasteiger partial charge on any atom is -0.293 e. The van der Waals surface area contributed by atoms with Gasteiger partial charge in [0.2, 0.25) is 0 Å². The first-order valence-corrected chi connectivity index (χ1v) is 4.56. The van der Waals surface area contributed by atoms with Crippen molar-refractivity contribution >= 4 is 5.78 Å². The molecule has 0 radical (unpaired) electrons. The van der Waals surface area contributed by atoms with Crippen molar-refractivity contribution in [1.29, 1.82) is 0 Å². The van der Waals surface area contributed by atoms with Gasteiger partial charge in [-0.15, -0.1) is 0 Å². The molecule has 0 aliphatic rings. The van der Waals surface area contributed by atoms with Crippen molar-refractivity contribution in [2.75, 3.05) is 0 Å². The Kier molecular flexibility index (Phi) is 3.55. The standard InChI is InChI=1S/C10H14N2O/c1-3-4-5-9-10(8(2)13)12-7-6-11-9/h6-7H,3-5H2,1-2H3. The summed E-state index contributed by atoms with van der Waals surface area (Å²) in [6.45, 7) is 3.64. The molecule has 0 spiro atoms. The lowest BCUT2D eigenvalue weighted by atomic mass is 10.1. The maximum absolute atomic E-state index is 11.1. The molecule has 1 rings (SSSR count). The summed E-state index contributed by atoms with van der Waals surface area (Å²) in [5, 5.41) is 0. The van der Waals surface area contributed by atoms with Crippen LogP contribution in [0.2, 0.25) is 0 Å². The van der Waals surface area contributed by atoms with E-state index in [2.05, 4.69) is 16.9 Å². The van der Waals surface area contributed by atoms with Gasteiger partial charge in [0.05, 0.1) is 5.69 Å². The van der Waals surface area contributed by atoms with E-state index >= 15 is 0 Å². The Balaban J connectivity index is 2.84. The Morgan fingerprint density at radius 2 is 2.08 bits per heavy atom. The fraction of sp³-hybridized carbons (Fsp3) is 0.500. The first-order valence-electron chi connectivity index (χ1n) is 4.56. The number of aromatic nitrogens is 2. The molecule has 0 atom stereocenters. The molecule has 0 unspecified atom stereocenters. The van der Waals surface area contributed by atoms with E-state index in [1.807, 2.05) is 0 Å². The average molecular weight is 178 g/mol. The highest BCUT2D eigenvalue weighted by Gasteiger charge is 2.08. The number of ketones is 1. The van der Waals surface area contributed by atoms with Gasteiger partial charge in [-0.3, -0.25) is 9.78 Å². The summed E-state index contributed by atoms with van der Waals surface area (Å²) < 4.78 is 0. The number of unbranched alkanes of at least 4 members (excludes halogenated alkanes) is 1. The zero-order chi connectivity index (χ0) is 9.68. The van der Waals surface area contributed by atoms with Crippen LogP contribution in [0.4, 0.5) is 0 Å². The molecule has 0 saturated heterocycles. The molecule has 0 saturated carbocycles. The summed E-state index contributed by atoms with van der Waals surface area (Å²) in [4.78, 5) is 19.3. The van der Waals surface area contributed by atoms with E-state index in [9.17, 15) is 4.79 Å². The van der Waals surface area contributed by atoms with Gasteiger partial charge in [0.15, 0.2) is 5.78 Å². The Morgan fingerprint density at radius 1 is 1.38 bits per heavy atom. The third-order valence-corrected chi connectivity index (χ3v) is 1.87. The van der Waals surface area contributed by atoms with Gasteiger partial charge in [0, 0.05) is 19.3 Å². The number of hydrogen-bond donors (Lipinski definition) is 0. The number of Topliss-reactive ketones (excluding diaryl/α,β-unsaturated/α-hetero) is 1. The van der Waals surface area contributed by atoms with E-state index in [1.165, 1.54) is 6.92 Å². The zero-order valence-corrected chi connectivity index (χ0v) is 8.08. The van der Waals surface area contributed by atoms with Crippen LogP contribution >= 0.6 is 0 Å². The molecule has 3 heteroatoms. The lowest BCUT2D eigenvalue weighted by Crippen LogP contribution is -2.05. The number of carbonyl (C=O) groups excluding carboxylic acids is 1. The second-order valence-electron chi connectivity index (χ2n) is 3.01. The predicted octanol–water partition coefficient (Wildman–Crippen LogP) is 2.02. The summed E-state index contributed by atoms with van der Waals surface area (Å²) in [5.74, 6) is -0.000738. The molecule has 3 nitrogen and oxygen atoms in total. The number of nitrogens with zero attached hydrogens (tertiary/aromatic N) is 2. The van der Waals surface area contributed by atoms with E-state index < -0.39 is 0 Å². The van der Waals surface area contributed by atoms with Crippen LogP contribution in [0.5, 0.6) is 0 Å². The van der Waals surface area contributed by atoms with Gasteiger partial charge in [-0.1, -0.05) is 13.3 Å². The Bertz CT molecular complexity index is 297. The van der Waals surface area contributed by atoms with Crippen LogP contribution in [0, 0.1) is 0 Å². The molecule has 70 valence electrons. The number of aryl methyl sites for hydroxylation is 1. The third kappa shape index (κ3) is 2.61. The molecular formula is C10H14N2O. The number of rotatable bonds is 4. The minimum atomic E-state index is -0.000738. The summed E-state index contributed by atoms with van der Waals surface area (Å²) in [6, 6.07) is 0. The van der Waals surface area contributed by atoms with Crippen LogP contribution in [-0.2, 0) is 6.42 Å². The molecule has 13 heavy (non-hydrogen) atoms. The van der Waals surface area contributed by atoms with Crippen LogP contribution in [0.25, 0.3) is 0 Å². The average Bonchev–Trinajstić information content (AvgIpc) is 2.15. The maximum Gasteiger partial charge on any atom is 0.179 e. The molecule has 1 heterocycles. The van der Waals surface area contributed by atoms with Gasteiger partial charge in [-0.05, 0) is 12.8 Å². The fourth-order valence-electron chi connectivity index (χ4n) is 1.19.